The van der Waals surface area contributed by atoms with Gasteiger partial charge in [0.2, 0.25) is 0 Å². The standard InChI is InChI=1S/C28H32FN7O2/c1-17(2)36-26-22-13-21(23(29)14-25(22)32-33-27(26)34(4)28(36)37)20-5-6-24(31-16-20)18(3)38-12-11-35-9-7-19(15-30)8-10-35/h5-6,13-14,16-19H,7-12H2,1-4H3/t18-/m1/s1. The topological polar surface area (TPSA) is 102 Å². The molecule has 1 aromatic carbocycles. The summed E-state index contributed by atoms with van der Waals surface area (Å²) in [5.41, 5.74) is 3.08. The third-order valence-corrected chi connectivity index (χ3v) is 7.43. The van der Waals surface area contributed by atoms with Gasteiger partial charge in [0.05, 0.1) is 30.0 Å². The van der Waals surface area contributed by atoms with Crippen molar-refractivity contribution in [3.63, 3.8) is 0 Å². The zero-order chi connectivity index (χ0) is 27.0. The molecule has 0 radical (unpaired) electrons. The van der Waals surface area contributed by atoms with Crippen molar-refractivity contribution in [2.45, 2.75) is 45.8 Å². The van der Waals surface area contributed by atoms with Crippen LogP contribution in [-0.4, -0.2) is 55.5 Å². The molecule has 0 spiro atoms. The predicted molar refractivity (Wildman–Crippen MR) is 143 cm³/mol. The molecular weight excluding hydrogens is 485 g/mol. The molecule has 9 nitrogen and oxygen atoms in total. The maximum atomic E-state index is 15.2. The Bertz CT molecular complexity index is 1560. The van der Waals surface area contributed by atoms with E-state index < -0.39 is 5.82 Å². The summed E-state index contributed by atoms with van der Waals surface area (Å²) in [6.45, 7) is 9.06. The fourth-order valence-corrected chi connectivity index (χ4v) is 5.15. The van der Waals surface area contributed by atoms with Crippen molar-refractivity contribution in [3.05, 3.63) is 52.5 Å². The second kappa shape index (κ2) is 10.6. The van der Waals surface area contributed by atoms with E-state index in [9.17, 15) is 4.79 Å². The van der Waals surface area contributed by atoms with Crippen LogP contribution in [0.1, 0.15) is 51.5 Å². The molecule has 10 heteroatoms. The normalized spacial score (nSPS) is 15.9. The van der Waals surface area contributed by atoms with Crippen molar-refractivity contribution in [1.82, 2.24) is 29.2 Å². The van der Waals surface area contributed by atoms with Gasteiger partial charge in [-0.1, -0.05) is 6.07 Å². The summed E-state index contributed by atoms with van der Waals surface area (Å²) in [4.78, 5) is 19.7. The Morgan fingerprint density at radius 1 is 1.18 bits per heavy atom. The Balaban J connectivity index is 1.36. The quantitative estimate of drug-likeness (QED) is 0.359. The van der Waals surface area contributed by atoms with E-state index in [0.29, 0.717) is 39.8 Å². The molecule has 0 unspecified atom stereocenters. The largest absolute Gasteiger partial charge is 0.371 e. The van der Waals surface area contributed by atoms with E-state index >= 15 is 4.39 Å². The highest BCUT2D eigenvalue weighted by molar-refractivity contribution is 6.02. The molecule has 1 atom stereocenters. The molecule has 1 fully saturated rings. The van der Waals surface area contributed by atoms with Gasteiger partial charge in [0.25, 0.3) is 0 Å². The first-order valence-electron chi connectivity index (χ1n) is 13.0. The van der Waals surface area contributed by atoms with Crippen LogP contribution < -0.4 is 5.69 Å². The molecule has 5 rings (SSSR count). The number of ether oxygens (including phenoxy) is 1. The SMILES string of the molecule is CC(C)n1c(=O)n(C)c2nnc3cc(F)c(-c4ccc([C@@H](C)OCCN5CCC(C#N)CC5)nc4)cc3c21. The van der Waals surface area contributed by atoms with Crippen molar-refractivity contribution < 1.29 is 9.13 Å². The van der Waals surface area contributed by atoms with Gasteiger partial charge < -0.3 is 9.64 Å². The number of aryl methyl sites for hydroxylation is 1. The molecule has 1 aliphatic heterocycles. The monoisotopic (exact) mass is 517 g/mol. The zero-order valence-electron chi connectivity index (χ0n) is 22.2. The van der Waals surface area contributed by atoms with E-state index in [1.165, 1.54) is 10.6 Å². The van der Waals surface area contributed by atoms with Crippen molar-refractivity contribution in [2.24, 2.45) is 13.0 Å². The van der Waals surface area contributed by atoms with Crippen molar-refractivity contribution >= 4 is 22.1 Å². The minimum absolute atomic E-state index is 0.0982. The second-order valence-corrected chi connectivity index (χ2v) is 10.3. The summed E-state index contributed by atoms with van der Waals surface area (Å²) in [5, 5.41) is 18.1. The number of nitrogens with zero attached hydrogens (tertiary/aromatic N) is 7. The lowest BCUT2D eigenvalue weighted by atomic mass is 9.99. The number of likely N-dealkylation sites (tertiary alicyclic amines) is 1. The first kappa shape index (κ1) is 25.9. The molecule has 4 heterocycles. The summed E-state index contributed by atoms with van der Waals surface area (Å²) in [7, 11) is 1.66. The van der Waals surface area contributed by atoms with Crippen LogP contribution >= 0.6 is 0 Å². The molecule has 3 aromatic heterocycles. The summed E-state index contributed by atoms with van der Waals surface area (Å²) in [6.07, 6.45) is 3.27. The number of aromatic nitrogens is 5. The molecule has 1 aliphatic rings. The first-order chi connectivity index (χ1) is 18.3. The van der Waals surface area contributed by atoms with Crippen LogP contribution in [0.15, 0.2) is 35.3 Å². The number of piperidine rings is 1. The number of nitriles is 1. The van der Waals surface area contributed by atoms with Crippen LogP contribution in [0.3, 0.4) is 0 Å². The number of pyridine rings is 1. The Labute approximate surface area is 220 Å². The minimum atomic E-state index is -0.431. The van der Waals surface area contributed by atoms with Crippen LogP contribution in [0.5, 0.6) is 0 Å². The lowest BCUT2D eigenvalue weighted by Gasteiger charge is -2.29. The Morgan fingerprint density at radius 2 is 1.95 bits per heavy atom. The third kappa shape index (κ3) is 4.79. The van der Waals surface area contributed by atoms with Crippen LogP contribution in [0, 0.1) is 23.1 Å². The number of hydrogen-bond acceptors (Lipinski definition) is 7. The third-order valence-electron chi connectivity index (χ3n) is 7.43. The van der Waals surface area contributed by atoms with Crippen LogP contribution in [0.2, 0.25) is 0 Å². The molecule has 0 N–H and O–H groups in total. The average molecular weight is 518 g/mol. The fourth-order valence-electron chi connectivity index (χ4n) is 5.15. The summed E-state index contributed by atoms with van der Waals surface area (Å²) in [6, 6.07) is 9.04. The van der Waals surface area contributed by atoms with Crippen LogP contribution in [0.4, 0.5) is 4.39 Å². The van der Waals surface area contributed by atoms with E-state index in [1.54, 1.807) is 23.9 Å². The van der Waals surface area contributed by atoms with Crippen LogP contribution in [-0.2, 0) is 11.8 Å². The average Bonchev–Trinajstić information content (AvgIpc) is 3.18. The first-order valence-corrected chi connectivity index (χ1v) is 13.0. The van der Waals surface area contributed by atoms with Gasteiger partial charge in [-0.2, -0.15) is 5.26 Å². The zero-order valence-corrected chi connectivity index (χ0v) is 22.2. The fraction of sp³-hybridized carbons (Fsp3) is 0.464. The van der Waals surface area contributed by atoms with Gasteiger partial charge in [-0.15, -0.1) is 10.2 Å². The maximum absolute atomic E-state index is 15.2. The number of benzene rings is 1. The highest BCUT2D eigenvalue weighted by atomic mass is 19.1. The molecule has 0 amide bonds. The molecular formula is C28H32FN7O2. The molecule has 1 saturated heterocycles. The van der Waals surface area contributed by atoms with E-state index in [0.717, 1.165) is 38.2 Å². The summed E-state index contributed by atoms with van der Waals surface area (Å²) >= 11 is 0. The van der Waals surface area contributed by atoms with Crippen molar-refractivity contribution in [1.29, 1.82) is 5.26 Å². The number of hydrogen-bond donors (Lipinski definition) is 0. The van der Waals surface area contributed by atoms with Gasteiger partial charge >= 0.3 is 5.69 Å². The molecule has 38 heavy (non-hydrogen) atoms. The highest BCUT2D eigenvalue weighted by Crippen LogP contribution is 2.31. The predicted octanol–water partition coefficient (Wildman–Crippen LogP) is 4.38. The summed E-state index contributed by atoms with van der Waals surface area (Å²) in [5.74, 6) is -0.257. The lowest BCUT2D eigenvalue weighted by molar-refractivity contribution is 0.0402. The maximum Gasteiger partial charge on any atom is 0.330 e. The number of imidazole rings is 1. The van der Waals surface area contributed by atoms with Gasteiger partial charge in [-0.25, -0.2) is 9.18 Å². The second-order valence-electron chi connectivity index (χ2n) is 10.3. The van der Waals surface area contributed by atoms with Crippen LogP contribution in [0.25, 0.3) is 33.2 Å². The molecule has 198 valence electrons. The Hall–Kier alpha value is -3.68. The molecule has 0 aliphatic carbocycles. The van der Waals surface area contributed by atoms with Crippen molar-refractivity contribution in [2.75, 3.05) is 26.2 Å². The number of fused-ring (bicyclic) bond motifs is 3. The lowest BCUT2D eigenvalue weighted by Crippen LogP contribution is -2.35. The van der Waals surface area contributed by atoms with E-state index in [2.05, 4.69) is 26.2 Å². The Morgan fingerprint density at radius 3 is 2.61 bits per heavy atom. The smallest absolute Gasteiger partial charge is 0.330 e. The van der Waals surface area contributed by atoms with E-state index in [-0.39, 0.29) is 23.8 Å². The minimum Gasteiger partial charge on any atom is -0.371 e. The summed E-state index contributed by atoms with van der Waals surface area (Å²) < 4.78 is 24.3. The van der Waals surface area contributed by atoms with Crippen molar-refractivity contribution in [3.8, 4) is 17.2 Å². The molecule has 0 saturated carbocycles. The number of rotatable bonds is 7. The van der Waals surface area contributed by atoms with Gasteiger partial charge in [0.1, 0.15) is 11.3 Å². The van der Waals surface area contributed by atoms with Gasteiger partial charge in [0.15, 0.2) is 5.65 Å². The Kier molecular flexibility index (Phi) is 7.23. The molecule has 0 bridgehead atoms. The molecule has 4 aromatic rings. The number of halogens is 1. The van der Waals surface area contributed by atoms with E-state index in [1.807, 2.05) is 32.9 Å². The van der Waals surface area contributed by atoms with E-state index in [4.69, 9.17) is 10.00 Å². The highest BCUT2D eigenvalue weighted by Gasteiger charge is 2.21. The van der Waals surface area contributed by atoms with Gasteiger partial charge in [-0.3, -0.25) is 14.1 Å². The van der Waals surface area contributed by atoms with Gasteiger partial charge in [-0.05, 0) is 58.8 Å². The van der Waals surface area contributed by atoms with Gasteiger partial charge in [0, 0.05) is 54.3 Å².